The summed E-state index contributed by atoms with van der Waals surface area (Å²) >= 11 is 0. The first kappa shape index (κ1) is 18.3. The zero-order valence-corrected chi connectivity index (χ0v) is 14.9. The molecule has 1 heterocycles. The van der Waals surface area contributed by atoms with Gasteiger partial charge in [0.2, 0.25) is 0 Å². The summed E-state index contributed by atoms with van der Waals surface area (Å²) in [5.41, 5.74) is 0.316. The summed E-state index contributed by atoms with van der Waals surface area (Å²) in [7, 11) is -0.313. The molecule has 1 aliphatic heterocycles. The van der Waals surface area contributed by atoms with Crippen molar-refractivity contribution in [1.82, 2.24) is 0 Å². The monoisotopic (exact) mass is 350 g/mol. The largest absolute Gasteiger partial charge is 0.465 e. The van der Waals surface area contributed by atoms with Crippen LogP contribution >= 0.6 is 0 Å². The van der Waals surface area contributed by atoms with Crippen molar-refractivity contribution in [2.75, 3.05) is 0 Å². The number of benzene rings is 1. The lowest BCUT2D eigenvalue weighted by Crippen LogP contribution is -2.41. The Morgan fingerprint density at radius 2 is 1.56 bits per heavy atom. The quantitative estimate of drug-likeness (QED) is 0.655. The predicted octanol–water partition coefficient (Wildman–Crippen LogP) is 5.51. The molecular weight excluding hydrogens is 328 g/mol. The third kappa shape index (κ3) is 3.56. The molecule has 0 aromatic heterocycles. The Morgan fingerprint density at radius 1 is 1.00 bits per heavy atom. The fourth-order valence-electron chi connectivity index (χ4n) is 2.97. The van der Waals surface area contributed by atoms with Gasteiger partial charge in [-0.1, -0.05) is 30.4 Å². The number of rotatable bonds is 2. The summed E-state index contributed by atoms with van der Waals surface area (Å²) in [5.74, 6) is 0.0965. The van der Waals surface area contributed by atoms with Crippen molar-refractivity contribution in [1.29, 1.82) is 0 Å². The summed E-state index contributed by atoms with van der Waals surface area (Å²) in [6.07, 6.45) is 2.40. The van der Waals surface area contributed by atoms with Crippen LogP contribution in [0.2, 0.25) is 5.82 Å². The standard InChI is InChI=1S/C19H22BF3O2/c1-17(2)18(3,4)25-20(24-17)16-11-7-14(8-12-16)13-5-9-15(10-6-13)19(21,22)23/h5-11,16H,12H2,1-4H3. The molecule has 25 heavy (non-hydrogen) atoms. The SMILES string of the molecule is CC1(C)OB(C2C=CC(c3ccc(C(F)(F)F)cc3)=CC2)OC1(C)C. The van der Waals surface area contributed by atoms with E-state index in [4.69, 9.17) is 9.31 Å². The number of hydrogen-bond acceptors (Lipinski definition) is 2. The predicted molar refractivity (Wildman–Crippen MR) is 93.0 cm³/mol. The zero-order valence-electron chi connectivity index (χ0n) is 14.9. The van der Waals surface area contributed by atoms with Gasteiger partial charge in [0.05, 0.1) is 16.8 Å². The third-order valence-electron chi connectivity index (χ3n) is 5.30. The average molecular weight is 350 g/mol. The molecule has 1 aromatic rings. The second-order valence-corrected chi connectivity index (χ2v) is 7.62. The van der Waals surface area contributed by atoms with Gasteiger partial charge in [-0.15, -0.1) is 0 Å². The molecule has 134 valence electrons. The number of halogens is 3. The number of alkyl halides is 3. The van der Waals surface area contributed by atoms with Gasteiger partial charge in [-0.05, 0) is 57.4 Å². The van der Waals surface area contributed by atoms with Gasteiger partial charge in [0, 0.05) is 5.82 Å². The Hall–Kier alpha value is -1.53. The number of allylic oxidation sites excluding steroid dienone is 4. The van der Waals surface area contributed by atoms with Crippen molar-refractivity contribution in [2.24, 2.45) is 0 Å². The average Bonchev–Trinajstić information content (AvgIpc) is 2.75. The van der Waals surface area contributed by atoms with E-state index in [2.05, 4.69) is 0 Å². The van der Waals surface area contributed by atoms with Crippen molar-refractivity contribution in [3.63, 3.8) is 0 Å². The second kappa shape index (κ2) is 6.03. The molecular formula is C19H22BF3O2. The fraction of sp³-hybridized carbons (Fsp3) is 0.474. The van der Waals surface area contributed by atoms with Gasteiger partial charge in [0.15, 0.2) is 0 Å². The molecule has 1 fully saturated rings. The lowest BCUT2D eigenvalue weighted by Gasteiger charge is -2.32. The first-order valence-corrected chi connectivity index (χ1v) is 8.41. The molecule has 1 aliphatic carbocycles. The van der Waals surface area contributed by atoms with Crippen LogP contribution in [0.25, 0.3) is 5.57 Å². The van der Waals surface area contributed by atoms with Crippen LogP contribution in [0.1, 0.15) is 45.2 Å². The molecule has 0 saturated carbocycles. The second-order valence-electron chi connectivity index (χ2n) is 7.62. The van der Waals surface area contributed by atoms with Crippen LogP contribution < -0.4 is 0 Å². The molecule has 1 unspecified atom stereocenters. The molecule has 1 saturated heterocycles. The Labute approximate surface area is 146 Å². The Kier molecular flexibility index (Phi) is 4.40. The summed E-state index contributed by atoms with van der Waals surface area (Å²) in [4.78, 5) is 0. The van der Waals surface area contributed by atoms with Crippen molar-refractivity contribution in [3.8, 4) is 0 Å². The summed E-state index contributed by atoms with van der Waals surface area (Å²) in [6, 6.07) is 5.25. The first-order chi connectivity index (χ1) is 11.5. The highest BCUT2D eigenvalue weighted by molar-refractivity contribution is 6.48. The van der Waals surface area contributed by atoms with E-state index in [1.54, 1.807) is 0 Å². The minimum atomic E-state index is -4.31. The maximum Gasteiger partial charge on any atom is 0.465 e. The summed E-state index contributed by atoms with van der Waals surface area (Å²) in [6.45, 7) is 8.07. The topological polar surface area (TPSA) is 18.5 Å². The van der Waals surface area contributed by atoms with Crippen LogP contribution in [0.3, 0.4) is 0 Å². The Balaban J connectivity index is 1.69. The summed E-state index contributed by atoms with van der Waals surface area (Å²) in [5, 5.41) is 0. The molecule has 2 nitrogen and oxygen atoms in total. The molecule has 2 aliphatic rings. The molecule has 0 radical (unpaired) electrons. The van der Waals surface area contributed by atoms with Crippen molar-refractivity contribution in [2.45, 2.75) is 57.3 Å². The highest BCUT2D eigenvalue weighted by Crippen LogP contribution is 2.42. The van der Waals surface area contributed by atoms with E-state index in [0.717, 1.165) is 29.7 Å². The van der Waals surface area contributed by atoms with Gasteiger partial charge >= 0.3 is 13.3 Å². The van der Waals surface area contributed by atoms with Crippen molar-refractivity contribution < 1.29 is 22.5 Å². The minimum absolute atomic E-state index is 0.0965. The van der Waals surface area contributed by atoms with Crippen LogP contribution in [0.4, 0.5) is 13.2 Å². The first-order valence-electron chi connectivity index (χ1n) is 8.41. The zero-order chi connectivity index (χ0) is 18.5. The van der Waals surface area contributed by atoms with Crippen LogP contribution in [0, 0.1) is 0 Å². The normalized spacial score (nSPS) is 25.2. The molecule has 3 rings (SSSR count). The van der Waals surface area contributed by atoms with E-state index in [1.165, 1.54) is 12.1 Å². The summed E-state index contributed by atoms with van der Waals surface area (Å²) < 4.78 is 50.1. The van der Waals surface area contributed by atoms with Gasteiger partial charge in [-0.2, -0.15) is 13.2 Å². The van der Waals surface area contributed by atoms with Gasteiger partial charge in [0.25, 0.3) is 0 Å². The van der Waals surface area contributed by atoms with Crippen molar-refractivity contribution in [3.05, 3.63) is 53.6 Å². The lowest BCUT2D eigenvalue weighted by atomic mass is 9.68. The van der Waals surface area contributed by atoms with E-state index in [-0.39, 0.29) is 24.1 Å². The highest BCUT2D eigenvalue weighted by atomic mass is 19.4. The highest BCUT2D eigenvalue weighted by Gasteiger charge is 2.53. The maximum absolute atomic E-state index is 12.7. The van der Waals surface area contributed by atoms with Crippen LogP contribution in [-0.4, -0.2) is 18.3 Å². The van der Waals surface area contributed by atoms with E-state index < -0.39 is 11.7 Å². The van der Waals surface area contributed by atoms with E-state index in [1.807, 2.05) is 45.9 Å². The fourth-order valence-corrected chi connectivity index (χ4v) is 2.97. The molecule has 0 amide bonds. The molecule has 0 N–H and O–H groups in total. The molecule has 1 aromatic carbocycles. The Bertz CT molecular complexity index is 686. The lowest BCUT2D eigenvalue weighted by molar-refractivity contribution is -0.137. The van der Waals surface area contributed by atoms with Gasteiger partial charge in [-0.25, -0.2) is 0 Å². The van der Waals surface area contributed by atoms with E-state index in [0.29, 0.717) is 0 Å². The third-order valence-corrected chi connectivity index (χ3v) is 5.30. The van der Waals surface area contributed by atoms with Crippen LogP contribution in [0.5, 0.6) is 0 Å². The van der Waals surface area contributed by atoms with Gasteiger partial charge < -0.3 is 9.31 Å². The molecule has 0 bridgehead atoms. The van der Waals surface area contributed by atoms with Crippen LogP contribution in [-0.2, 0) is 15.5 Å². The van der Waals surface area contributed by atoms with Gasteiger partial charge in [0.1, 0.15) is 0 Å². The Morgan fingerprint density at radius 3 is 2.00 bits per heavy atom. The van der Waals surface area contributed by atoms with E-state index >= 15 is 0 Å². The molecule has 6 heteroatoms. The van der Waals surface area contributed by atoms with Crippen molar-refractivity contribution >= 4 is 12.7 Å². The smallest absolute Gasteiger partial charge is 0.403 e. The molecule has 0 spiro atoms. The number of hydrogen-bond donors (Lipinski definition) is 0. The minimum Gasteiger partial charge on any atom is -0.403 e. The van der Waals surface area contributed by atoms with Crippen LogP contribution in [0.15, 0.2) is 42.5 Å². The molecule has 1 atom stereocenters. The maximum atomic E-state index is 12.7. The van der Waals surface area contributed by atoms with Gasteiger partial charge in [-0.3, -0.25) is 0 Å². The van der Waals surface area contributed by atoms with E-state index in [9.17, 15) is 13.2 Å².